The van der Waals surface area contributed by atoms with Crippen molar-refractivity contribution in [1.29, 1.82) is 0 Å². The molecule has 1 N–H and O–H groups in total. The number of nitro groups is 1. The highest BCUT2D eigenvalue weighted by atomic mass is 19.3. The maximum atomic E-state index is 12.7. The Morgan fingerprint density at radius 2 is 1.70 bits per heavy atom. The van der Waals surface area contributed by atoms with Crippen LogP contribution in [0.4, 0.5) is 20.2 Å². The molecule has 0 heterocycles. The summed E-state index contributed by atoms with van der Waals surface area (Å²) in [4.78, 5) is 23.0. The van der Waals surface area contributed by atoms with Crippen molar-refractivity contribution in [2.75, 3.05) is 5.32 Å². The summed E-state index contributed by atoms with van der Waals surface area (Å²) in [7, 11) is 0. The summed E-state index contributed by atoms with van der Waals surface area (Å²) < 4.78 is 30.1. The van der Waals surface area contributed by atoms with E-state index in [0.717, 1.165) is 5.56 Å². The van der Waals surface area contributed by atoms with Crippen LogP contribution < -0.4 is 10.1 Å². The highest BCUT2D eigenvalue weighted by molar-refractivity contribution is 5.93. The summed E-state index contributed by atoms with van der Waals surface area (Å²) in [6.45, 7) is -2.97. The van der Waals surface area contributed by atoms with Gasteiger partial charge >= 0.3 is 6.61 Å². The van der Waals surface area contributed by atoms with Gasteiger partial charge in [-0.2, -0.15) is 8.78 Å². The van der Waals surface area contributed by atoms with Gasteiger partial charge in [0.15, 0.2) is 0 Å². The molecule has 3 rings (SSSR count). The molecule has 3 aromatic carbocycles. The number of rotatable bonds is 8. The van der Waals surface area contributed by atoms with Gasteiger partial charge in [0.25, 0.3) is 5.69 Å². The number of carbonyl (C=O) groups is 1. The first-order valence-electron chi connectivity index (χ1n) is 9.06. The number of nitrogens with zero attached hydrogens (tertiary/aromatic N) is 1. The number of nitro benzene ring substituents is 1. The molecule has 0 radical (unpaired) electrons. The molecule has 0 aromatic heterocycles. The number of para-hydroxylation sites is 1. The Hall–Kier alpha value is -3.81. The van der Waals surface area contributed by atoms with Crippen molar-refractivity contribution >= 4 is 17.3 Å². The highest BCUT2D eigenvalue weighted by Gasteiger charge is 2.17. The Balaban J connectivity index is 1.79. The molecule has 1 amide bonds. The van der Waals surface area contributed by atoms with Crippen molar-refractivity contribution in [1.82, 2.24) is 0 Å². The molecule has 6 nitrogen and oxygen atoms in total. The van der Waals surface area contributed by atoms with Crippen LogP contribution in [0.3, 0.4) is 0 Å². The summed E-state index contributed by atoms with van der Waals surface area (Å²) in [5.41, 5.74) is 1.89. The second-order valence-corrected chi connectivity index (χ2v) is 6.47. The molecule has 8 heteroatoms. The molecule has 0 atom stereocenters. The lowest BCUT2D eigenvalue weighted by Crippen LogP contribution is -2.15. The van der Waals surface area contributed by atoms with E-state index in [-0.39, 0.29) is 23.4 Å². The minimum atomic E-state index is -2.97. The van der Waals surface area contributed by atoms with E-state index in [1.807, 2.05) is 30.3 Å². The van der Waals surface area contributed by atoms with Crippen molar-refractivity contribution in [2.24, 2.45) is 0 Å². The summed E-state index contributed by atoms with van der Waals surface area (Å²) in [5.74, 6) is -0.442. The average molecular weight is 412 g/mol. The Kier molecular flexibility index (Phi) is 6.69. The zero-order chi connectivity index (χ0) is 21.5. The number of anilines is 1. The zero-order valence-corrected chi connectivity index (χ0v) is 15.8. The molecule has 0 aliphatic carbocycles. The Morgan fingerprint density at radius 3 is 2.40 bits per heavy atom. The molecule has 3 aromatic rings. The summed E-state index contributed by atoms with van der Waals surface area (Å²) in [5, 5.41) is 13.8. The summed E-state index contributed by atoms with van der Waals surface area (Å²) in [6, 6.07) is 19.6. The average Bonchev–Trinajstić information content (AvgIpc) is 2.70. The molecule has 0 unspecified atom stereocenters. The third-order valence-electron chi connectivity index (χ3n) is 4.34. The van der Waals surface area contributed by atoms with Gasteiger partial charge in [-0.15, -0.1) is 0 Å². The van der Waals surface area contributed by atoms with E-state index in [9.17, 15) is 23.7 Å². The molecule has 0 aliphatic heterocycles. The lowest BCUT2D eigenvalue weighted by atomic mass is 10.0. The van der Waals surface area contributed by atoms with Gasteiger partial charge in [-0.05, 0) is 23.8 Å². The third-order valence-corrected chi connectivity index (χ3v) is 4.34. The van der Waals surface area contributed by atoms with Gasteiger partial charge in [-0.25, -0.2) is 0 Å². The van der Waals surface area contributed by atoms with Crippen LogP contribution >= 0.6 is 0 Å². The standard InChI is InChI=1S/C22H18F2N2O4/c23-22(24)30-20-11-10-18(13-17(20)12-15-6-2-1-3-7-15)25-21(27)14-16-8-4-5-9-19(16)26(28)29/h1-11,13,22H,12,14H2,(H,25,27). The lowest BCUT2D eigenvalue weighted by molar-refractivity contribution is -0.385. The highest BCUT2D eigenvalue weighted by Crippen LogP contribution is 2.27. The summed E-state index contributed by atoms with van der Waals surface area (Å²) in [6.07, 6.45) is 0.136. The van der Waals surface area contributed by atoms with Crippen LogP contribution in [0.15, 0.2) is 72.8 Å². The fourth-order valence-corrected chi connectivity index (χ4v) is 3.04. The minimum Gasteiger partial charge on any atom is -0.435 e. The molecular weight excluding hydrogens is 394 g/mol. The van der Waals surface area contributed by atoms with E-state index in [1.54, 1.807) is 12.1 Å². The van der Waals surface area contributed by atoms with Crippen LogP contribution in [0.2, 0.25) is 0 Å². The predicted molar refractivity (Wildman–Crippen MR) is 108 cm³/mol. The van der Waals surface area contributed by atoms with Crippen molar-refractivity contribution in [2.45, 2.75) is 19.5 Å². The summed E-state index contributed by atoms with van der Waals surface area (Å²) >= 11 is 0. The predicted octanol–water partition coefficient (Wildman–Crippen LogP) is 4.97. The largest absolute Gasteiger partial charge is 0.435 e. The SMILES string of the molecule is O=C(Cc1ccccc1[N+](=O)[O-])Nc1ccc(OC(F)F)c(Cc2ccccc2)c1. The Bertz CT molecular complexity index is 1040. The maximum Gasteiger partial charge on any atom is 0.387 e. The molecule has 0 aliphatic rings. The van der Waals surface area contributed by atoms with Gasteiger partial charge in [0, 0.05) is 29.3 Å². The molecule has 30 heavy (non-hydrogen) atoms. The van der Waals surface area contributed by atoms with Gasteiger partial charge in [-0.1, -0.05) is 48.5 Å². The smallest absolute Gasteiger partial charge is 0.387 e. The maximum absolute atomic E-state index is 12.7. The molecule has 154 valence electrons. The number of carbonyl (C=O) groups excluding carboxylic acids is 1. The first kappa shape index (κ1) is 20.9. The molecule has 0 fully saturated rings. The second kappa shape index (κ2) is 9.60. The first-order chi connectivity index (χ1) is 14.4. The van der Waals surface area contributed by atoms with E-state index >= 15 is 0 Å². The van der Waals surface area contributed by atoms with Crippen LogP contribution in [0.5, 0.6) is 5.75 Å². The minimum absolute atomic E-state index is 0.0190. The number of hydrogen-bond donors (Lipinski definition) is 1. The van der Waals surface area contributed by atoms with Crippen molar-refractivity contribution in [3.8, 4) is 5.75 Å². The monoisotopic (exact) mass is 412 g/mol. The van der Waals surface area contributed by atoms with E-state index in [2.05, 4.69) is 10.1 Å². The van der Waals surface area contributed by atoms with Crippen LogP contribution in [0.25, 0.3) is 0 Å². The number of amides is 1. The van der Waals surface area contributed by atoms with Crippen LogP contribution in [0, 0.1) is 10.1 Å². The number of alkyl halides is 2. The van der Waals surface area contributed by atoms with E-state index in [4.69, 9.17) is 0 Å². The zero-order valence-electron chi connectivity index (χ0n) is 15.8. The van der Waals surface area contributed by atoms with Gasteiger partial charge < -0.3 is 10.1 Å². The van der Waals surface area contributed by atoms with E-state index in [0.29, 0.717) is 17.7 Å². The molecular formula is C22H18F2N2O4. The number of halogens is 2. The van der Waals surface area contributed by atoms with Crippen LogP contribution in [-0.2, 0) is 17.6 Å². The number of ether oxygens (including phenoxy) is 1. The fourth-order valence-electron chi connectivity index (χ4n) is 3.04. The van der Waals surface area contributed by atoms with E-state index < -0.39 is 17.4 Å². The molecule has 0 bridgehead atoms. The second-order valence-electron chi connectivity index (χ2n) is 6.47. The van der Waals surface area contributed by atoms with Crippen molar-refractivity contribution in [3.63, 3.8) is 0 Å². The number of hydrogen-bond acceptors (Lipinski definition) is 4. The van der Waals surface area contributed by atoms with E-state index in [1.165, 1.54) is 30.3 Å². The van der Waals surface area contributed by atoms with Gasteiger partial charge in [-0.3, -0.25) is 14.9 Å². The lowest BCUT2D eigenvalue weighted by Gasteiger charge is -2.13. The molecule has 0 saturated carbocycles. The normalized spacial score (nSPS) is 10.6. The number of nitrogens with one attached hydrogen (secondary N) is 1. The fraction of sp³-hybridized carbons (Fsp3) is 0.136. The topological polar surface area (TPSA) is 81.5 Å². The van der Waals surface area contributed by atoms with Crippen molar-refractivity contribution < 1.29 is 23.2 Å². The van der Waals surface area contributed by atoms with Crippen LogP contribution in [0.1, 0.15) is 16.7 Å². The quantitative estimate of drug-likeness (QED) is 0.418. The van der Waals surface area contributed by atoms with Gasteiger partial charge in [0.1, 0.15) is 5.75 Å². The number of benzene rings is 3. The van der Waals surface area contributed by atoms with Crippen molar-refractivity contribution in [3.05, 3.63) is 99.6 Å². The molecule has 0 saturated heterocycles. The first-order valence-corrected chi connectivity index (χ1v) is 9.06. The Morgan fingerprint density at radius 1 is 1.00 bits per heavy atom. The third kappa shape index (κ3) is 5.60. The molecule has 0 spiro atoms. The Labute approximate surface area is 171 Å². The van der Waals surface area contributed by atoms with Crippen LogP contribution in [-0.4, -0.2) is 17.4 Å². The van der Waals surface area contributed by atoms with Gasteiger partial charge in [0.2, 0.25) is 5.91 Å². The van der Waals surface area contributed by atoms with Gasteiger partial charge in [0.05, 0.1) is 11.3 Å².